The number of aromatic nitrogens is 2. The van der Waals surface area contributed by atoms with Crippen molar-refractivity contribution in [1.29, 1.82) is 0 Å². The summed E-state index contributed by atoms with van der Waals surface area (Å²) < 4.78 is 7.53. The lowest BCUT2D eigenvalue weighted by molar-refractivity contribution is 0.257. The third-order valence-electron chi connectivity index (χ3n) is 1.95. The van der Waals surface area contributed by atoms with Crippen molar-refractivity contribution in [3.05, 3.63) is 11.8 Å². The molecule has 0 amide bonds. The van der Waals surface area contributed by atoms with Crippen LogP contribution in [0.1, 0.15) is 39.4 Å². The Morgan fingerprint density at radius 3 is 2.43 bits per heavy atom. The fourth-order valence-corrected chi connectivity index (χ4v) is 1.30. The lowest BCUT2D eigenvalue weighted by Crippen LogP contribution is -2.07. The van der Waals surface area contributed by atoms with Gasteiger partial charge in [0.1, 0.15) is 0 Å². The Morgan fingerprint density at radius 1 is 1.36 bits per heavy atom. The zero-order valence-electron chi connectivity index (χ0n) is 9.74. The highest BCUT2D eigenvalue weighted by atomic mass is 16.5. The van der Waals surface area contributed by atoms with E-state index in [1.165, 1.54) is 0 Å². The lowest BCUT2D eigenvalue weighted by Gasteiger charge is -2.07. The molecule has 0 atom stereocenters. The third-order valence-corrected chi connectivity index (χ3v) is 1.95. The van der Waals surface area contributed by atoms with E-state index in [0.717, 1.165) is 18.2 Å². The second-order valence-electron chi connectivity index (χ2n) is 4.37. The maximum absolute atomic E-state index is 5.55. The van der Waals surface area contributed by atoms with Crippen LogP contribution >= 0.6 is 0 Å². The van der Waals surface area contributed by atoms with Crippen LogP contribution in [0.3, 0.4) is 0 Å². The van der Waals surface area contributed by atoms with Crippen molar-refractivity contribution in [2.24, 2.45) is 5.92 Å². The van der Waals surface area contributed by atoms with Crippen LogP contribution in [0, 0.1) is 12.8 Å². The normalized spacial score (nSPS) is 11.4. The summed E-state index contributed by atoms with van der Waals surface area (Å²) in [6, 6.07) is 2.38. The van der Waals surface area contributed by atoms with Crippen LogP contribution in [-0.2, 0) is 0 Å². The van der Waals surface area contributed by atoms with Crippen molar-refractivity contribution < 1.29 is 4.74 Å². The summed E-state index contributed by atoms with van der Waals surface area (Å²) in [4.78, 5) is 0. The molecule has 80 valence electrons. The van der Waals surface area contributed by atoms with E-state index in [1.807, 2.05) is 10.7 Å². The predicted octanol–water partition coefficient (Wildman–Crippen LogP) is 2.81. The number of ether oxygens (including phenoxy) is 1. The van der Waals surface area contributed by atoms with Gasteiger partial charge in [-0.05, 0) is 26.7 Å². The van der Waals surface area contributed by atoms with Crippen molar-refractivity contribution in [2.75, 3.05) is 6.61 Å². The number of nitrogens with zero attached hydrogens (tertiary/aromatic N) is 2. The van der Waals surface area contributed by atoms with E-state index in [1.54, 1.807) is 0 Å². The number of hydrogen-bond donors (Lipinski definition) is 0. The van der Waals surface area contributed by atoms with Crippen molar-refractivity contribution in [1.82, 2.24) is 9.78 Å². The second kappa shape index (κ2) is 4.49. The summed E-state index contributed by atoms with van der Waals surface area (Å²) in [5.41, 5.74) is 1.15. The minimum atomic E-state index is 0.395. The van der Waals surface area contributed by atoms with Crippen LogP contribution in [0.5, 0.6) is 5.88 Å². The fourth-order valence-electron chi connectivity index (χ4n) is 1.30. The Balaban J connectivity index is 2.66. The van der Waals surface area contributed by atoms with Crippen LogP contribution in [0.4, 0.5) is 0 Å². The van der Waals surface area contributed by atoms with E-state index in [9.17, 15) is 0 Å². The Morgan fingerprint density at radius 2 is 2.00 bits per heavy atom. The SMILES string of the molecule is Cc1cc(OCC(C)C)nn1C(C)C. The summed E-state index contributed by atoms with van der Waals surface area (Å²) >= 11 is 0. The monoisotopic (exact) mass is 196 g/mol. The molecule has 0 saturated heterocycles. The van der Waals surface area contributed by atoms with Gasteiger partial charge in [0.15, 0.2) is 0 Å². The maximum atomic E-state index is 5.55. The Bertz CT molecular complexity index is 289. The molecule has 0 spiro atoms. The first kappa shape index (κ1) is 11.1. The summed E-state index contributed by atoms with van der Waals surface area (Å²) in [5.74, 6) is 1.28. The van der Waals surface area contributed by atoms with E-state index in [-0.39, 0.29) is 0 Å². The van der Waals surface area contributed by atoms with E-state index in [2.05, 4.69) is 39.7 Å². The minimum absolute atomic E-state index is 0.395. The first-order valence-corrected chi connectivity index (χ1v) is 5.19. The lowest BCUT2D eigenvalue weighted by atomic mass is 10.2. The number of rotatable bonds is 4. The molecule has 0 bridgehead atoms. The summed E-state index contributed by atoms with van der Waals surface area (Å²) in [5, 5.41) is 4.38. The Hall–Kier alpha value is -0.990. The molecular formula is C11H20N2O. The molecule has 0 aromatic carbocycles. The molecule has 0 aliphatic carbocycles. The van der Waals surface area contributed by atoms with Gasteiger partial charge >= 0.3 is 0 Å². The predicted molar refractivity (Wildman–Crippen MR) is 57.7 cm³/mol. The van der Waals surface area contributed by atoms with Crippen LogP contribution in [0.2, 0.25) is 0 Å². The smallest absolute Gasteiger partial charge is 0.233 e. The van der Waals surface area contributed by atoms with Crippen LogP contribution < -0.4 is 4.74 Å². The zero-order chi connectivity index (χ0) is 10.7. The fraction of sp³-hybridized carbons (Fsp3) is 0.727. The average Bonchev–Trinajstić information content (AvgIpc) is 2.43. The zero-order valence-corrected chi connectivity index (χ0v) is 9.74. The van der Waals surface area contributed by atoms with Crippen molar-refractivity contribution in [3.8, 4) is 5.88 Å². The van der Waals surface area contributed by atoms with Gasteiger partial charge in [0, 0.05) is 17.8 Å². The molecule has 0 fully saturated rings. The average molecular weight is 196 g/mol. The van der Waals surface area contributed by atoms with Gasteiger partial charge in [-0.15, -0.1) is 5.10 Å². The van der Waals surface area contributed by atoms with Crippen molar-refractivity contribution in [3.63, 3.8) is 0 Å². The first-order chi connectivity index (χ1) is 6.50. The maximum Gasteiger partial charge on any atom is 0.233 e. The quantitative estimate of drug-likeness (QED) is 0.740. The first-order valence-electron chi connectivity index (χ1n) is 5.19. The molecule has 0 radical (unpaired) electrons. The second-order valence-corrected chi connectivity index (χ2v) is 4.37. The standard InChI is InChI=1S/C11H20N2O/c1-8(2)7-14-11-6-10(5)13(12-11)9(3)4/h6,8-9H,7H2,1-5H3. The van der Waals surface area contributed by atoms with Gasteiger partial charge in [0.25, 0.3) is 0 Å². The van der Waals surface area contributed by atoms with Gasteiger partial charge in [0.05, 0.1) is 6.61 Å². The molecule has 1 aromatic heterocycles. The van der Waals surface area contributed by atoms with Gasteiger partial charge in [-0.3, -0.25) is 4.68 Å². The molecule has 0 N–H and O–H groups in total. The highest BCUT2D eigenvalue weighted by Gasteiger charge is 2.07. The summed E-state index contributed by atoms with van der Waals surface area (Å²) in [7, 11) is 0. The van der Waals surface area contributed by atoms with E-state index in [4.69, 9.17) is 4.74 Å². The Kier molecular flexibility index (Phi) is 3.55. The molecule has 3 nitrogen and oxygen atoms in total. The van der Waals surface area contributed by atoms with Gasteiger partial charge in [0.2, 0.25) is 5.88 Å². The third kappa shape index (κ3) is 2.76. The number of aryl methyl sites for hydroxylation is 1. The molecular weight excluding hydrogens is 176 g/mol. The minimum Gasteiger partial charge on any atom is -0.476 e. The summed E-state index contributed by atoms with van der Waals surface area (Å²) in [6.45, 7) is 11.3. The Labute approximate surface area is 86.1 Å². The molecule has 1 heterocycles. The molecule has 0 aliphatic rings. The van der Waals surface area contributed by atoms with Crippen molar-refractivity contribution >= 4 is 0 Å². The molecule has 0 aliphatic heterocycles. The van der Waals surface area contributed by atoms with Gasteiger partial charge in [-0.2, -0.15) is 0 Å². The molecule has 0 unspecified atom stereocenters. The molecule has 0 saturated carbocycles. The molecule has 14 heavy (non-hydrogen) atoms. The molecule has 1 aromatic rings. The highest BCUT2D eigenvalue weighted by Crippen LogP contribution is 2.15. The largest absolute Gasteiger partial charge is 0.476 e. The van der Waals surface area contributed by atoms with E-state index < -0.39 is 0 Å². The van der Waals surface area contributed by atoms with E-state index in [0.29, 0.717) is 12.0 Å². The van der Waals surface area contributed by atoms with Gasteiger partial charge < -0.3 is 4.74 Å². The topological polar surface area (TPSA) is 27.1 Å². The van der Waals surface area contributed by atoms with Crippen LogP contribution in [0.15, 0.2) is 6.07 Å². The van der Waals surface area contributed by atoms with Crippen LogP contribution in [0.25, 0.3) is 0 Å². The molecule has 1 rings (SSSR count). The summed E-state index contributed by atoms with van der Waals surface area (Å²) in [6.07, 6.45) is 0. The van der Waals surface area contributed by atoms with Crippen molar-refractivity contribution in [2.45, 2.75) is 40.7 Å². The van der Waals surface area contributed by atoms with E-state index >= 15 is 0 Å². The number of hydrogen-bond acceptors (Lipinski definition) is 2. The molecule has 3 heteroatoms. The van der Waals surface area contributed by atoms with Gasteiger partial charge in [-0.25, -0.2) is 0 Å². The highest BCUT2D eigenvalue weighted by molar-refractivity contribution is 5.14. The van der Waals surface area contributed by atoms with Gasteiger partial charge in [-0.1, -0.05) is 13.8 Å². The van der Waals surface area contributed by atoms with Crippen LogP contribution in [-0.4, -0.2) is 16.4 Å².